The van der Waals surface area contributed by atoms with Gasteiger partial charge in [0.25, 0.3) is 0 Å². The van der Waals surface area contributed by atoms with Crippen LogP contribution in [0.1, 0.15) is 15.9 Å². The molecular formula is C8H8NO4S-. The molecule has 2 N–H and O–H groups in total. The minimum atomic E-state index is -2.30. The Balaban J connectivity index is 2.64. The fourth-order valence-electron chi connectivity index (χ4n) is 0.907. The van der Waals surface area contributed by atoms with E-state index in [0.717, 1.165) is 0 Å². The van der Waals surface area contributed by atoms with Gasteiger partial charge in [0.05, 0.1) is 5.56 Å². The summed E-state index contributed by atoms with van der Waals surface area (Å²) in [6.07, 6.45) is 0. The molecule has 1 rings (SSSR count). The van der Waals surface area contributed by atoms with E-state index >= 15 is 0 Å². The van der Waals surface area contributed by atoms with Gasteiger partial charge in [-0.05, 0) is 17.7 Å². The standard InChI is InChI=1S/C8H9NO4S/c10-8(11)7-3-1-6(2-4-7)5-9-14(12)13/h1-4,9H,5H2,(H,10,11)(H,12,13)/p-1. The summed E-state index contributed by atoms with van der Waals surface area (Å²) >= 11 is -2.30. The summed E-state index contributed by atoms with van der Waals surface area (Å²) in [5, 5.41) is 8.58. The molecule has 0 saturated carbocycles. The number of carboxylic acid groups (broad SMARTS) is 1. The van der Waals surface area contributed by atoms with E-state index in [9.17, 15) is 13.6 Å². The van der Waals surface area contributed by atoms with Gasteiger partial charge in [0.1, 0.15) is 0 Å². The Morgan fingerprint density at radius 3 is 2.43 bits per heavy atom. The van der Waals surface area contributed by atoms with E-state index in [-0.39, 0.29) is 12.1 Å². The molecule has 0 heterocycles. The molecular weight excluding hydrogens is 206 g/mol. The molecule has 0 fully saturated rings. The average Bonchev–Trinajstić information content (AvgIpc) is 2.15. The molecule has 0 amide bonds. The number of rotatable bonds is 4. The fourth-order valence-corrected chi connectivity index (χ4v) is 1.19. The van der Waals surface area contributed by atoms with E-state index in [1.165, 1.54) is 12.1 Å². The van der Waals surface area contributed by atoms with Crippen LogP contribution in [0.15, 0.2) is 24.3 Å². The highest BCUT2D eigenvalue weighted by molar-refractivity contribution is 7.77. The van der Waals surface area contributed by atoms with Crippen LogP contribution >= 0.6 is 0 Å². The fraction of sp³-hybridized carbons (Fsp3) is 0.125. The minimum absolute atomic E-state index is 0.163. The zero-order chi connectivity index (χ0) is 10.6. The first-order valence-electron chi connectivity index (χ1n) is 3.74. The van der Waals surface area contributed by atoms with Gasteiger partial charge < -0.3 is 9.66 Å². The van der Waals surface area contributed by atoms with Gasteiger partial charge in [0.15, 0.2) is 0 Å². The Kier molecular flexibility index (Phi) is 3.75. The maximum atomic E-state index is 10.5. The van der Waals surface area contributed by atoms with Crippen LogP contribution in [0.5, 0.6) is 0 Å². The molecule has 0 aliphatic carbocycles. The molecule has 0 aliphatic rings. The molecule has 0 bridgehead atoms. The van der Waals surface area contributed by atoms with Crippen molar-refractivity contribution in [2.45, 2.75) is 6.54 Å². The number of hydrogen-bond acceptors (Lipinski definition) is 3. The second-order valence-electron chi connectivity index (χ2n) is 2.56. The van der Waals surface area contributed by atoms with Crippen molar-refractivity contribution < 1.29 is 18.7 Å². The third kappa shape index (κ3) is 3.25. The van der Waals surface area contributed by atoms with Gasteiger partial charge in [-0.1, -0.05) is 12.1 Å². The molecule has 0 aromatic heterocycles. The van der Waals surface area contributed by atoms with Crippen molar-refractivity contribution in [1.82, 2.24) is 4.72 Å². The molecule has 0 radical (unpaired) electrons. The van der Waals surface area contributed by atoms with Gasteiger partial charge in [0, 0.05) is 17.8 Å². The molecule has 1 aromatic rings. The van der Waals surface area contributed by atoms with Gasteiger partial charge in [-0.3, -0.25) is 4.21 Å². The summed E-state index contributed by atoms with van der Waals surface area (Å²) in [6.45, 7) is 0.163. The largest absolute Gasteiger partial charge is 0.760 e. The number of hydrogen-bond donors (Lipinski definition) is 2. The highest BCUT2D eigenvalue weighted by Crippen LogP contribution is 2.03. The van der Waals surface area contributed by atoms with Crippen LogP contribution in [-0.4, -0.2) is 19.8 Å². The van der Waals surface area contributed by atoms with E-state index < -0.39 is 17.2 Å². The quantitative estimate of drug-likeness (QED) is 0.704. The van der Waals surface area contributed by atoms with E-state index in [1.54, 1.807) is 12.1 Å². The summed E-state index contributed by atoms with van der Waals surface area (Å²) in [7, 11) is 0. The number of carbonyl (C=O) groups is 1. The van der Waals surface area contributed by atoms with Gasteiger partial charge in [-0.25, -0.2) is 9.52 Å². The Bertz CT molecular complexity index is 349. The summed E-state index contributed by atoms with van der Waals surface area (Å²) in [5.41, 5.74) is 0.885. The first kappa shape index (κ1) is 10.8. The highest BCUT2D eigenvalue weighted by Gasteiger charge is 2.00. The normalized spacial score (nSPS) is 12.4. The van der Waals surface area contributed by atoms with E-state index in [4.69, 9.17) is 5.11 Å². The molecule has 6 heteroatoms. The average molecular weight is 214 g/mol. The molecule has 0 aliphatic heterocycles. The van der Waals surface area contributed by atoms with Crippen LogP contribution < -0.4 is 4.72 Å². The second-order valence-corrected chi connectivity index (χ2v) is 3.32. The predicted octanol–water partition coefficient (Wildman–Crippen LogP) is 0.269. The van der Waals surface area contributed by atoms with E-state index in [1.807, 2.05) is 0 Å². The Hall–Kier alpha value is -1.24. The van der Waals surface area contributed by atoms with E-state index in [2.05, 4.69) is 4.72 Å². The van der Waals surface area contributed by atoms with Crippen LogP contribution in [-0.2, 0) is 17.8 Å². The number of carboxylic acids is 1. The maximum absolute atomic E-state index is 10.5. The molecule has 0 spiro atoms. The molecule has 1 aromatic carbocycles. The van der Waals surface area contributed by atoms with Crippen molar-refractivity contribution >= 4 is 17.2 Å². The monoisotopic (exact) mass is 214 g/mol. The minimum Gasteiger partial charge on any atom is -0.760 e. The Labute approximate surface area is 83.2 Å². The zero-order valence-electron chi connectivity index (χ0n) is 7.10. The number of nitrogens with one attached hydrogen (secondary N) is 1. The van der Waals surface area contributed by atoms with Gasteiger partial charge in [0.2, 0.25) is 0 Å². The lowest BCUT2D eigenvalue weighted by Gasteiger charge is -2.06. The van der Waals surface area contributed by atoms with Gasteiger partial charge in [-0.15, -0.1) is 0 Å². The number of aromatic carboxylic acids is 1. The summed E-state index contributed by atoms with van der Waals surface area (Å²) in [6, 6.07) is 5.97. The van der Waals surface area contributed by atoms with E-state index in [0.29, 0.717) is 5.56 Å². The Morgan fingerprint density at radius 2 is 2.00 bits per heavy atom. The van der Waals surface area contributed by atoms with Crippen molar-refractivity contribution in [3.8, 4) is 0 Å². The van der Waals surface area contributed by atoms with Crippen LogP contribution in [0.25, 0.3) is 0 Å². The van der Waals surface area contributed by atoms with Crippen LogP contribution in [0, 0.1) is 0 Å². The maximum Gasteiger partial charge on any atom is 0.335 e. The summed E-state index contributed by atoms with van der Waals surface area (Å²) in [5.74, 6) is -1.00. The Morgan fingerprint density at radius 1 is 1.43 bits per heavy atom. The number of benzene rings is 1. The third-order valence-corrected chi connectivity index (χ3v) is 1.98. The van der Waals surface area contributed by atoms with Gasteiger partial charge >= 0.3 is 5.97 Å². The lowest BCUT2D eigenvalue weighted by molar-refractivity contribution is 0.0697. The lowest BCUT2D eigenvalue weighted by atomic mass is 10.1. The van der Waals surface area contributed by atoms with Crippen molar-refractivity contribution in [3.63, 3.8) is 0 Å². The highest BCUT2D eigenvalue weighted by atomic mass is 32.2. The van der Waals surface area contributed by atoms with Crippen LogP contribution in [0.3, 0.4) is 0 Å². The molecule has 5 nitrogen and oxygen atoms in total. The topological polar surface area (TPSA) is 89.5 Å². The van der Waals surface area contributed by atoms with Crippen molar-refractivity contribution in [2.24, 2.45) is 0 Å². The second kappa shape index (κ2) is 4.85. The zero-order valence-corrected chi connectivity index (χ0v) is 7.91. The molecule has 0 saturated heterocycles. The van der Waals surface area contributed by atoms with Crippen LogP contribution in [0.4, 0.5) is 0 Å². The van der Waals surface area contributed by atoms with Crippen molar-refractivity contribution in [2.75, 3.05) is 0 Å². The lowest BCUT2D eigenvalue weighted by Crippen LogP contribution is -2.15. The SMILES string of the molecule is O=C(O)c1ccc(CNS(=O)[O-])cc1. The summed E-state index contributed by atoms with van der Waals surface area (Å²) < 4.78 is 22.5. The molecule has 1 atom stereocenters. The van der Waals surface area contributed by atoms with Crippen molar-refractivity contribution in [3.05, 3.63) is 35.4 Å². The first-order chi connectivity index (χ1) is 6.59. The van der Waals surface area contributed by atoms with Gasteiger partial charge in [-0.2, -0.15) is 0 Å². The van der Waals surface area contributed by atoms with Crippen LogP contribution in [0.2, 0.25) is 0 Å². The predicted molar refractivity (Wildman–Crippen MR) is 49.2 cm³/mol. The molecule has 1 unspecified atom stereocenters. The molecule has 76 valence electrons. The summed E-state index contributed by atoms with van der Waals surface area (Å²) in [4.78, 5) is 10.5. The third-order valence-electron chi connectivity index (χ3n) is 1.60. The molecule has 14 heavy (non-hydrogen) atoms. The first-order valence-corrected chi connectivity index (χ1v) is 4.82. The van der Waals surface area contributed by atoms with Crippen molar-refractivity contribution in [1.29, 1.82) is 0 Å². The smallest absolute Gasteiger partial charge is 0.335 e.